The maximum atomic E-state index is 5.97. The summed E-state index contributed by atoms with van der Waals surface area (Å²) in [7, 11) is 0. The van der Waals surface area contributed by atoms with Crippen molar-refractivity contribution in [3.05, 3.63) is 35.6 Å². The van der Waals surface area contributed by atoms with Crippen LogP contribution in [0.15, 0.2) is 33.8 Å². The van der Waals surface area contributed by atoms with Crippen LogP contribution in [-0.2, 0) is 11.2 Å². The van der Waals surface area contributed by atoms with Gasteiger partial charge in [0.1, 0.15) is 11.3 Å². The van der Waals surface area contributed by atoms with E-state index in [1.807, 2.05) is 25.1 Å². The third kappa shape index (κ3) is 3.76. The summed E-state index contributed by atoms with van der Waals surface area (Å²) in [6, 6.07) is 8.06. The third-order valence-electron chi connectivity index (χ3n) is 4.22. The van der Waals surface area contributed by atoms with Gasteiger partial charge in [-0.2, -0.15) is 5.10 Å². The van der Waals surface area contributed by atoms with Crippen LogP contribution in [0.2, 0.25) is 0 Å². The van der Waals surface area contributed by atoms with Gasteiger partial charge in [-0.05, 0) is 44.5 Å². The molecule has 3 rings (SSSR count). The lowest BCUT2D eigenvalue weighted by molar-refractivity contribution is 0.114. The summed E-state index contributed by atoms with van der Waals surface area (Å²) in [5.41, 5.74) is 5.74. The van der Waals surface area contributed by atoms with Crippen LogP contribution in [0.5, 0.6) is 0 Å². The largest absolute Gasteiger partial charge is 0.454 e. The lowest BCUT2D eigenvalue weighted by atomic mass is 10.1. The van der Waals surface area contributed by atoms with Crippen molar-refractivity contribution >= 4 is 34.0 Å². The van der Waals surface area contributed by atoms with Gasteiger partial charge in [-0.15, -0.1) is 0 Å². The SMILES string of the molecule is CCc1c(/C(C)=N\NC(=S)NC[C@@H]2CCCO2)oc2ccccc12. The predicted molar refractivity (Wildman–Crippen MR) is 101 cm³/mol. The van der Waals surface area contributed by atoms with E-state index in [-0.39, 0.29) is 6.10 Å². The maximum absolute atomic E-state index is 5.97. The number of para-hydroxylation sites is 1. The van der Waals surface area contributed by atoms with Crippen LogP contribution in [0, 0.1) is 0 Å². The fraction of sp³-hybridized carbons (Fsp3) is 0.444. The first-order valence-corrected chi connectivity index (χ1v) is 8.80. The van der Waals surface area contributed by atoms with Crippen LogP contribution in [0.1, 0.15) is 38.0 Å². The summed E-state index contributed by atoms with van der Waals surface area (Å²) in [5.74, 6) is 0.813. The minimum absolute atomic E-state index is 0.247. The topological polar surface area (TPSA) is 58.8 Å². The molecule has 0 unspecified atom stereocenters. The van der Waals surface area contributed by atoms with Crippen LogP contribution < -0.4 is 10.7 Å². The Kier molecular flexibility index (Phi) is 5.48. The van der Waals surface area contributed by atoms with Crippen LogP contribution in [-0.4, -0.2) is 30.1 Å². The second-order valence-electron chi connectivity index (χ2n) is 5.91. The molecule has 2 aromatic rings. The molecule has 5 nitrogen and oxygen atoms in total. The first-order valence-electron chi connectivity index (χ1n) is 8.39. The molecule has 1 saturated heterocycles. The number of ether oxygens (including phenoxy) is 1. The van der Waals surface area contributed by atoms with Gasteiger partial charge in [0, 0.05) is 24.1 Å². The van der Waals surface area contributed by atoms with E-state index in [0.29, 0.717) is 11.7 Å². The van der Waals surface area contributed by atoms with E-state index in [1.54, 1.807) is 0 Å². The van der Waals surface area contributed by atoms with Gasteiger partial charge in [0.15, 0.2) is 10.9 Å². The quantitative estimate of drug-likeness (QED) is 0.494. The number of hydrazone groups is 1. The second-order valence-corrected chi connectivity index (χ2v) is 6.32. The predicted octanol–water partition coefficient (Wildman–Crippen LogP) is 3.36. The summed E-state index contributed by atoms with van der Waals surface area (Å²) in [6.07, 6.45) is 3.34. The van der Waals surface area contributed by atoms with Crippen LogP contribution in [0.4, 0.5) is 0 Å². The second kappa shape index (κ2) is 7.77. The van der Waals surface area contributed by atoms with Crippen LogP contribution in [0.25, 0.3) is 11.0 Å². The number of fused-ring (bicyclic) bond motifs is 1. The van der Waals surface area contributed by atoms with E-state index in [0.717, 1.165) is 48.3 Å². The third-order valence-corrected chi connectivity index (χ3v) is 4.46. The fourth-order valence-electron chi connectivity index (χ4n) is 2.98. The molecule has 6 heteroatoms. The highest BCUT2D eigenvalue weighted by molar-refractivity contribution is 7.80. The average Bonchev–Trinajstić information content (AvgIpc) is 3.24. The molecule has 1 aliphatic rings. The van der Waals surface area contributed by atoms with Gasteiger partial charge in [-0.1, -0.05) is 25.1 Å². The minimum atomic E-state index is 0.247. The Bertz CT molecular complexity index is 748. The monoisotopic (exact) mass is 345 g/mol. The van der Waals surface area contributed by atoms with Crippen molar-refractivity contribution in [3.8, 4) is 0 Å². The van der Waals surface area contributed by atoms with Crippen LogP contribution >= 0.6 is 12.2 Å². The molecular weight excluding hydrogens is 322 g/mol. The Morgan fingerprint density at radius 2 is 2.21 bits per heavy atom. The molecule has 1 atom stereocenters. The van der Waals surface area contributed by atoms with Crippen molar-refractivity contribution in [3.63, 3.8) is 0 Å². The van der Waals surface area contributed by atoms with Gasteiger partial charge >= 0.3 is 0 Å². The highest BCUT2D eigenvalue weighted by Crippen LogP contribution is 2.26. The first-order chi connectivity index (χ1) is 11.7. The standard InChI is InChI=1S/C18H23N3O2S/c1-3-14-15-8-4-5-9-16(15)23-17(14)12(2)20-21-18(24)19-11-13-7-6-10-22-13/h4-5,8-9,13H,3,6-7,10-11H2,1-2H3,(H2,19,21,24)/b20-12-/t13-/m0/s1. The number of benzene rings is 1. The zero-order valence-corrected chi connectivity index (χ0v) is 14.9. The number of thiocarbonyl (C=S) groups is 1. The molecule has 1 aromatic heterocycles. The summed E-state index contributed by atoms with van der Waals surface area (Å²) in [4.78, 5) is 0. The van der Waals surface area contributed by atoms with Gasteiger partial charge in [-0.3, -0.25) is 5.43 Å². The zero-order valence-electron chi connectivity index (χ0n) is 14.1. The number of hydrogen-bond donors (Lipinski definition) is 2. The normalized spacial score (nSPS) is 18.1. The highest BCUT2D eigenvalue weighted by Gasteiger charge is 2.16. The molecule has 0 aliphatic carbocycles. The number of rotatable bonds is 5. The number of furan rings is 1. The number of nitrogens with one attached hydrogen (secondary N) is 2. The minimum Gasteiger partial charge on any atom is -0.454 e. The number of hydrogen-bond acceptors (Lipinski definition) is 4. The lowest BCUT2D eigenvalue weighted by Gasteiger charge is -2.12. The Hall–Kier alpha value is -1.92. The Labute approximate surface area is 147 Å². The summed E-state index contributed by atoms with van der Waals surface area (Å²) < 4.78 is 11.5. The molecule has 1 fully saturated rings. The van der Waals surface area contributed by atoms with E-state index < -0.39 is 0 Å². The van der Waals surface area contributed by atoms with E-state index in [4.69, 9.17) is 21.4 Å². The van der Waals surface area contributed by atoms with Crippen molar-refractivity contribution in [1.29, 1.82) is 0 Å². The smallest absolute Gasteiger partial charge is 0.187 e. The van der Waals surface area contributed by atoms with Crippen molar-refractivity contribution < 1.29 is 9.15 Å². The number of aryl methyl sites for hydroxylation is 1. The molecule has 0 saturated carbocycles. The van der Waals surface area contributed by atoms with Crippen molar-refractivity contribution in [2.75, 3.05) is 13.2 Å². The molecule has 0 radical (unpaired) electrons. The van der Waals surface area contributed by atoms with E-state index in [2.05, 4.69) is 28.8 Å². The van der Waals surface area contributed by atoms with Gasteiger partial charge < -0.3 is 14.5 Å². The number of nitrogens with zero attached hydrogens (tertiary/aromatic N) is 1. The molecule has 0 spiro atoms. The van der Waals surface area contributed by atoms with E-state index in [9.17, 15) is 0 Å². The lowest BCUT2D eigenvalue weighted by Crippen LogP contribution is -2.37. The van der Waals surface area contributed by atoms with Gasteiger partial charge in [0.25, 0.3) is 0 Å². The molecular formula is C18H23N3O2S. The average molecular weight is 345 g/mol. The van der Waals surface area contributed by atoms with Gasteiger partial charge in [0.2, 0.25) is 0 Å². The molecule has 24 heavy (non-hydrogen) atoms. The molecule has 2 heterocycles. The van der Waals surface area contributed by atoms with E-state index >= 15 is 0 Å². The van der Waals surface area contributed by atoms with Crippen molar-refractivity contribution in [1.82, 2.24) is 10.7 Å². The molecule has 2 N–H and O–H groups in total. The molecule has 0 bridgehead atoms. The Morgan fingerprint density at radius 3 is 2.96 bits per heavy atom. The molecule has 1 aliphatic heterocycles. The van der Waals surface area contributed by atoms with Gasteiger partial charge in [-0.25, -0.2) is 0 Å². The molecule has 0 amide bonds. The van der Waals surface area contributed by atoms with Crippen molar-refractivity contribution in [2.45, 2.75) is 39.2 Å². The Morgan fingerprint density at radius 1 is 1.38 bits per heavy atom. The van der Waals surface area contributed by atoms with E-state index in [1.165, 1.54) is 5.56 Å². The first kappa shape index (κ1) is 16.9. The fourth-order valence-corrected chi connectivity index (χ4v) is 3.11. The summed E-state index contributed by atoms with van der Waals surface area (Å²) in [5, 5.41) is 9.16. The summed E-state index contributed by atoms with van der Waals surface area (Å²) >= 11 is 5.27. The van der Waals surface area contributed by atoms with Crippen molar-refractivity contribution in [2.24, 2.45) is 5.10 Å². The molecule has 128 valence electrons. The van der Waals surface area contributed by atoms with Gasteiger partial charge in [0.05, 0.1) is 6.10 Å². The highest BCUT2D eigenvalue weighted by atomic mass is 32.1. The maximum Gasteiger partial charge on any atom is 0.187 e. The summed E-state index contributed by atoms with van der Waals surface area (Å²) in [6.45, 7) is 5.60. The zero-order chi connectivity index (χ0) is 16.9. The Balaban J connectivity index is 1.65. The molecule has 1 aromatic carbocycles. The van der Waals surface area contributed by atoms with Crippen LogP contribution in [0.3, 0.4) is 0 Å².